The summed E-state index contributed by atoms with van der Waals surface area (Å²) in [6.07, 6.45) is 6.30. The van der Waals surface area contributed by atoms with Crippen molar-refractivity contribution in [2.45, 2.75) is 79.1 Å². The maximum Gasteiger partial charge on any atom is 0.259 e. The van der Waals surface area contributed by atoms with Gasteiger partial charge in [0.25, 0.3) is 5.91 Å². The molecule has 44 heavy (non-hydrogen) atoms. The van der Waals surface area contributed by atoms with Gasteiger partial charge in [-0.3, -0.25) is 4.79 Å². The molecule has 0 spiro atoms. The van der Waals surface area contributed by atoms with Gasteiger partial charge in [0.1, 0.15) is 5.82 Å². The zero-order valence-electron chi connectivity index (χ0n) is 27.5. The lowest BCUT2D eigenvalue weighted by atomic mass is 9.99. The summed E-state index contributed by atoms with van der Waals surface area (Å²) >= 11 is 0. The van der Waals surface area contributed by atoms with Crippen molar-refractivity contribution >= 4 is 46.8 Å². The number of hydrogen-bond acceptors (Lipinski definition) is 5. The number of rotatable bonds is 4. The molecule has 0 atom stereocenters. The number of carbonyl (C=O) groups is 1. The zero-order valence-corrected chi connectivity index (χ0v) is 27.5. The zero-order chi connectivity index (χ0) is 31.7. The number of aromatic nitrogens is 2. The number of hydrogen-bond donors (Lipinski definition) is 2. The van der Waals surface area contributed by atoms with Gasteiger partial charge in [-0.05, 0) is 87.9 Å². The summed E-state index contributed by atoms with van der Waals surface area (Å²) in [6.45, 7) is 17.3. The lowest BCUT2D eigenvalue weighted by Gasteiger charge is -2.24. The third-order valence-corrected chi connectivity index (χ3v) is 8.42. The van der Waals surface area contributed by atoms with Crippen LogP contribution in [0.15, 0.2) is 60.8 Å². The second-order valence-corrected chi connectivity index (χ2v) is 13.0. The Hall–Kier alpha value is -4.45. The molecule has 2 N–H and O–H groups in total. The number of nitrogens with zero attached hydrogens (tertiary/aromatic N) is 3. The average molecular weight is 588 g/mol. The topological polar surface area (TPSA) is 70.2 Å². The van der Waals surface area contributed by atoms with Gasteiger partial charge in [-0.1, -0.05) is 85.7 Å². The van der Waals surface area contributed by atoms with E-state index in [9.17, 15) is 4.79 Å². The molecule has 2 aliphatic rings. The molecule has 1 amide bonds. The molecule has 4 heterocycles. The Balaban J connectivity index is 0.000000175. The second kappa shape index (κ2) is 12.7. The van der Waals surface area contributed by atoms with Crippen LogP contribution in [0.25, 0.3) is 12.2 Å². The van der Waals surface area contributed by atoms with Crippen molar-refractivity contribution in [3.05, 3.63) is 99.9 Å². The van der Waals surface area contributed by atoms with Crippen LogP contribution in [0, 0.1) is 0 Å². The van der Waals surface area contributed by atoms with Gasteiger partial charge in [0.2, 0.25) is 0 Å². The summed E-state index contributed by atoms with van der Waals surface area (Å²) in [4.78, 5) is 23.8. The summed E-state index contributed by atoms with van der Waals surface area (Å²) in [6, 6.07) is 19.4. The van der Waals surface area contributed by atoms with Crippen LogP contribution in [0.4, 0.5) is 28.7 Å². The molecule has 6 nitrogen and oxygen atoms in total. The molecule has 0 saturated heterocycles. The number of nitrogens with one attached hydrogen (secondary N) is 2. The van der Waals surface area contributed by atoms with Gasteiger partial charge in [0.05, 0.1) is 11.3 Å². The minimum Gasteiger partial charge on any atom is -0.344 e. The van der Waals surface area contributed by atoms with Crippen molar-refractivity contribution in [3.8, 4) is 0 Å². The van der Waals surface area contributed by atoms with Gasteiger partial charge >= 0.3 is 0 Å². The Morgan fingerprint density at radius 1 is 0.636 bits per heavy atom. The highest BCUT2D eigenvalue weighted by molar-refractivity contribution is 6.11. The lowest BCUT2D eigenvalue weighted by molar-refractivity contribution is 0.102. The first-order chi connectivity index (χ1) is 20.9. The van der Waals surface area contributed by atoms with E-state index in [4.69, 9.17) is 0 Å². The summed E-state index contributed by atoms with van der Waals surface area (Å²) in [5.74, 6) is 2.78. The Labute approximate surface area is 262 Å². The number of pyridine rings is 2. The largest absolute Gasteiger partial charge is 0.344 e. The molecule has 4 aromatic rings. The van der Waals surface area contributed by atoms with E-state index in [-0.39, 0.29) is 5.91 Å². The quantitative estimate of drug-likeness (QED) is 0.249. The number of fused-ring (bicyclic) bond motifs is 4. The SMILES string of the molecule is CC(C)c1ccc2c(c1)C=Cc1ccc(C(C)C)cc1N2C.CC(C)c1cnc2c(c1)C(=O)Nc1ccc(C(C)C)nc1N2. The summed E-state index contributed by atoms with van der Waals surface area (Å²) < 4.78 is 0. The predicted molar refractivity (Wildman–Crippen MR) is 186 cm³/mol. The molecular weight excluding hydrogens is 542 g/mol. The van der Waals surface area contributed by atoms with Gasteiger partial charge in [-0.15, -0.1) is 0 Å². The van der Waals surface area contributed by atoms with Crippen LogP contribution >= 0.6 is 0 Å². The standard InChI is InChI=1S/C21H25N.C17H20N4O/c1-14(2)17-10-11-20-19(12-17)9-7-16-6-8-18(15(3)4)13-21(16)22(20)5;1-9(2)11-7-12-15(18-8-11)21-16-14(20-17(12)22)6-5-13(19-16)10(3)4/h6-15H,1-5H3;5-10H,1-4H3,(H,20,22)(H,18,19,21). The molecule has 0 fully saturated rings. The van der Waals surface area contributed by atoms with Crippen molar-refractivity contribution in [2.75, 3.05) is 22.6 Å². The predicted octanol–water partition coefficient (Wildman–Crippen LogP) is 10.2. The normalized spacial score (nSPS) is 13.3. The van der Waals surface area contributed by atoms with Crippen molar-refractivity contribution in [1.82, 2.24) is 9.97 Å². The van der Waals surface area contributed by atoms with Crippen LogP contribution in [-0.4, -0.2) is 22.9 Å². The van der Waals surface area contributed by atoms with Crippen molar-refractivity contribution < 1.29 is 4.79 Å². The fourth-order valence-electron chi connectivity index (χ4n) is 5.39. The number of benzene rings is 2. The van der Waals surface area contributed by atoms with Gasteiger partial charge in [-0.2, -0.15) is 0 Å². The molecule has 0 bridgehead atoms. The molecule has 0 saturated carbocycles. The lowest BCUT2D eigenvalue weighted by Crippen LogP contribution is -2.12. The molecule has 6 rings (SSSR count). The molecule has 2 aromatic carbocycles. The van der Waals surface area contributed by atoms with E-state index in [1.807, 2.05) is 18.2 Å². The maximum absolute atomic E-state index is 12.4. The summed E-state index contributed by atoms with van der Waals surface area (Å²) in [5, 5.41) is 6.10. The first kappa shape index (κ1) is 31.0. The highest BCUT2D eigenvalue weighted by Crippen LogP contribution is 2.38. The summed E-state index contributed by atoms with van der Waals surface area (Å²) in [5.41, 5.74) is 11.2. The molecule has 228 valence electrons. The Morgan fingerprint density at radius 2 is 1.30 bits per heavy atom. The molecule has 0 unspecified atom stereocenters. The van der Waals surface area contributed by atoms with E-state index in [0.29, 0.717) is 46.6 Å². The number of amides is 1. The first-order valence-corrected chi connectivity index (χ1v) is 15.7. The van der Waals surface area contributed by atoms with E-state index in [1.54, 1.807) is 6.20 Å². The van der Waals surface area contributed by atoms with Gasteiger partial charge in [0, 0.05) is 30.3 Å². The molecule has 0 radical (unpaired) electrons. The fourth-order valence-corrected chi connectivity index (χ4v) is 5.39. The van der Waals surface area contributed by atoms with E-state index < -0.39 is 0 Å². The van der Waals surface area contributed by atoms with Gasteiger partial charge < -0.3 is 15.5 Å². The Kier molecular flexibility index (Phi) is 8.91. The van der Waals surface area contributed by atoms with E-state index in [1.165, 1.54) is 33.6 Å². The molecular formula is C38H45N5O. The third-order valence-electron chi connectivity index (χ3n) is 8.42. The van der Waals surface area contributed by atoms with Gasteiger partial charge in [-0.25, -0.2) is 9.97 Å². The van der Waals surface area contributed by atoms with Gasteiger partial charge in [0.15, 0.2) is 5.82 Å². The van der Waals surface area contributed by atoms with E-state index >= 15 is 0 Å². The highest BCUT2D eigenvalue weighted by atomic mass is 16.1. The highest BCUT2D eigenvalue weighted by Gasteiger charge is 2.22. The van der Waals surface area contributed by atoms with Crippen LogP contribution < -0.4 is 15.5 Å². The maximum atomic E-state index is 12.4. The van der Waals surface area contributed by atoms with Crippen LogP contribution in [0.3, 0.4) is 0 Å². The third kappa shape index (κ3) is 6.40. The second-order valence-electron chi connectivity index (χ2n) is 13.0. The van der Waals surface area contributed by atoms with Crippen molar-refractivity contribution in [1.29, 1.82) is 0 Å². The monoisotopic (exact) mass is 587 g/mol. The summed E-state index contributed by atoms with van der Waals surface area (Å²) in [7, 11) is 2.17. The van der Waals surface area contributed by atoms with E-state index in [2.05, 4.69) is 136 Å². The average Bonchev–Trinajstić information content (AvgIpc) is 3.23. The van der Waals surface area contributed by atoms with Crippen LogP contribution in [0.1, 0.15) is 123 Å². The molecule has 0 aliphatic carbocycles. The minimum absolute atomic E-state index is 0.157. The van der Waals surface area contributed by atoms with Crippen LogP contribution in [0.2, 0.25) is 0 Å². The fraction of sp³-hybridized carbons (Fsp3) is 0.342. The number of carbonyl (C=O) groups excluding carboxylic acids is 1. The van der Waals surface area contributed by atoms with Crippen molar-refractivity contribution in [3.63, 3.8) is 0 Å². The van der Waals surface area contributed by atoms with Crippen molar-refractivity contribution in [2.24, 2.45) is 0 Å². The smallest absolute Gasteiger partial charge is 0.259 e. The molecule has 6 heteroatoms. The first-order valence-electron chi connectivity index (χ1n) is 15.7. The number of anilines is 5. The van der Waals surface area contributed by atoms with Crippen LogP contribution in [0.5, 0.6) is 0 Å². The Morgan fingerprint density at radius 3 is 1.98 bits per heavy atom. The molecule has 2 aromatic heterocycles. The minimum atomic E-state index is -0.157. The molecule has 2 aliphatic heterocycles. The van der Waals surface area contributed by atoms with Crippen LogP contribution in [-0.2, 0) is 0 Å². The van der Waals surface area contributed by atoms with E-state index in [0.717, 1.165) is 11.3 Å². The Bertz CT molecular complexity index is 1720.